The summed E-state index contributed by atoms with van der Waals surface area (Å²) in [6.45, 7) is -0.250. The molecule has 4 heteroatoms. The summed E-state index contributed by atoms with van der Waals surface area (Å²) in [5.74, 6) is 0. The van der Waals surface area contributed by atoms with Gasteiger partial charge in [-0.2, -0.15) is 0 Å². The van der Waals surface area contributed by atoms with Crippen LogP contribution >= 0.6 is 0 Å². The Labute approximate surface area is 49.3 Å². The van der Waals surface area contributed by atoms with E-state index in [1.54, 1.807) is 0 Å². The molecule has 2 N–H and O–H groups in total. The van der Waals surface area contributed by atoms with Gasteiger partial charge < -0.3 is 10.2 Å². The Morgan fingerprint density at radius 2 is 1.33 bits per heavy atom. The Balaban J connectivity index is 0. The van der Waals surface area contributed by atoms with Gasteiger partial charge >= 0.3 is 25.4 Å². The molecule has 0 aliphatic heterocycles. The molecular weight excluding hydrogens is 200 g/mol. The van der Waals surface area contributed by atoms with Crippen LogP contribution in [0.4, 0.5) is 0 Å². The molecule has 0 aromatic heterocycles. The first-order valence-electron chi connectivity index (χ1n) is 1.30. The molecule has 6 heavy (non-hydrogen) atoms. The minimum Gasteiger partial charge on any atom is -0.394 e. The van der Waals surface area contributed by atoms with Crippen LogP contribution in [0.1, 0.15) is 0 Å². The number of aliphatic hydroxyl groups is 2. The summed E-state index contributed by atoms with van der Waals surface area (Å²) in [5.41, 5.74) is 0. The van der Waals surface area contributed by atoms with Crippen LogP contribution < -0.4 is 0 Å². The van der Waals surface area contributed by atoms with Crippen LogP contribution in [0.5, 0.6) is 0 Å². The smallest absolute Gasteiger partial charge is 0.0662 e. The zero-order chi connectivity index (χ0) is 5.41. The molecule has 0 radical (unpaired) electrons. The molecule has 0 amide bonds. The molecule has 0 fully saturated rings. The van der Waals surface area contributed by atoms with Crippen LogP contribution in [0.15, 0.2) is 0 Å². The fourth-order valence-electron chi connectivity index (χ4n) is 0. The van der Waals surface area contributed by atoms with Crippen molar-refractivity contribution in [2.75, 3.05) is 13.2 Å². The van der Waals surface area contributed by atoms with Gasteiger partial charge in [0.15, 0.2) is 0 Å². The molecule has 0 aromatic carbocycles. The molecule has 38 valence electrons. The minimum absolute atomic E-state index is 0.125. The van der Waals surface area contributed by atoms with Crippen molar-refractivity contribution in [3.8, 4) is 0 Å². The average Bonchev–Trinajstić information content (AvgIpc) is 1.72. The fourth-order valence-corrected chi connectivity index (χ4v) is 0. The summed E-state index contributed by atoms with van der Waals surface area (Å²) in [4.78, 5) is 0. The number of hydrogen-bond donors (Lipinski definition) is 2. The first-order chi connectivity index (χ1) is 2.91. The van der Waals surface area contributed by atoms with Crippen LogP contribution in [-0.4, -0.2) is 45.7 Å². The third-order valence-electron chi connectivity index (χ3n) is 0.1000. The second kappa shape index (κ2) is 17.8. The van der Waals surface area contributed by atoms with Crippen LogP contribution in [0.3, 0.4) is 0 Å². The van der Waals surface area contributed by atoms with Crippen molar-refractivity contribution in [1.29, 1.82) is 0 Å². The zero-order valence-electron chi connectivity index (χ0n) is 3.13. The second-order valence-corrected chi connectivity index (χ2v) is 0.447. The van der Waals surface area contributed by atoms with Crippen molar-refractivity contribution in [2.45, 2.75) is 0 Å². The van der Waals surface area contributed by atoms with Gasteiger partial charge in [-0.3, -0.25) is 0 Å². The monoisotopic (exact) mass is 208 g/mol. The Kier molecular flexibility index (Phi) is 28.8. The van der Waals surface area contributed by atoms with E-state index in [4.69, 9.17) is 13.3 Å². The normalized spacial score (nSPS) is 5.67. The van der Waals surface area contributed by atoms with Crippen molar-refractivity contribution in [3.05, 3.63) is 0 Å². The van der Waals surface area contributed by atoms with Crippen LogP contribution in [0.25, 0.3) is 0 Å². The van der Waals surface area contributed by atoms with Gasteiger partial charge in [-0.1, -0.05) is 0 Å². The van der Waals surface area contributed by atoms with Gasteiger partial charge in [0.25, 0.3) is 0 Å². The van der Waals surface area contributed by atoms with Crippen LogP contribution in [0, 0.1) is 0 Å². The van der Waals surface area contributed by atoms with E-state index >= 15 is 0 Å². The summed E-state index contributed by atoms with van der Waals surface area (Å²) < 4.78 is 8.26. The Bertz CT molecular complexity index is 16.3. The Morgan fingerprint density at radius 3 is 1.33 bits per heavy atom. The molecule has 0 aliphatic carbocycles. The molecule has 3 nitrogen and oxygen atoms in total. The van der Waals surface area contributed by atoms with Crippen LogP contribution in [0.2, 0.25) is 0 Å². The molecule has 0 aromatic rings. The van der Waals surface area contributed by atoms with Crippen molar-refractivity contribution in [3.63, 3.8) is 0 Å². The predicted molar refractivity (Wildman–Crippen MR) is 20.6 cm³/mol. The van der Waals surface area contributed by atoms with Gasteiger partial charge in [0, 0.05) is 0 Å². The SMILES string of the molecule is O=[Te].OCCO. The largest absolute Gasteiger partial charge is 0.394 e. The topological polar surface area (TPSA) is 57.5 Å². The van der Waals surface area contributed by atoms with Crippen molar-refractivity contribution in [1.82, 2.24) is 0 Å². The molecule has 0 unspecified atom stereocenters. The number of rotatable bonds is 1. The van der Waals surface area contributed by atoms with E-state index in [0.29, 0.717) is 22.3 Å². The van der Waals surface area contributed by atoms with Gasteiger partial charge in [0.2, 0.25) is 0 Å². The van der Waals surface area contributed by atoms with Crippen molar-refractivity contribution < 1.29 is 13.3 Å². The summed E-state index contributed by atoms with van der Waals surface area (Å²) in [6.07, 6.45) is 0. The third-order valence-corrected chi connectivity index (χ3v) is 0.1000. The molecule has 0 aliphatic rings. The average molecular weight is 206 g/mol. The van der Waals surface area contributed by atoms with Gasteiger partial charge in [0.05, 0.1) is 13.2 Å². The van der Waals surface area contributed by atoms with Crippen LogP contribution in [-0.2, 0) is 3.10 Å². The molecule has 0 saturated heterocycles. The van der Waals surface area contributed by atoms with E-state index in [2.05, 4.69) is 0 Å². The number of hydrogen-bond acceptors (Lipinski definition) is 3. The maximum absolute atomic E-state index is 8.26. The van der Waals surface area contributed by atoms with Gasteiger partial charge in [0.1, 0.15) is 0 Å². The second-order valence-electron chi connectivity index (χ2n) is 0.447. The summed E-state index contributed by atoms with van der Waals surface area (Å²) in [6, 6.07) is 0. The first kappa shape index (κ1) is 9.72. The minimum atomic E-state index is -0.125. The first-order valence-corrected chi connectivity index (χ1v) is 2.25. The Hall–Kier alpha value is 0.510. The maximum Gasteiger partial charge on any atom is 0.0662 e. The molecule has 0 atom stereocenters. The van der Waals surface area contributed by atoms with E-state index in [1.807, 2.05) is 0 Å². The molecular formula is C2H6O3Te. The molecule has 0 saturated carbocycles. The third kappa shape index (κ3) is 24.4. The zero-order valence-corrected chi connectivity index (χ0v) is 5.46. The quantitative estimate of drug-likeness (QED) is 0.511. The number of aliphatic hydroxyl groups excluding tert-OH is 2. The van der Waals surface area contributed by atoms with E-state index in [9.17, 15) is 0 Å². The Morgan fingerprint density at radius 1 is 1.17 bits per heavy atom. The fraction of sp³-hybridized carbons (Fsp3) is 1.00. The van der Waals surface area contributed by atoms with E-state index in [0.717, 1.165) is 0 Å². The van der Waals surface area contributed by atoms with E-state index in [1.165, 1.54) is 0 Å². The molecule has 0 rings (SSSR count). The predicted octanol–water partition coefficient (Wildman–Crippen LogP) is -1.53. The molecule has 0 heterocycles. The standard InChI is InChI=1S/C2H6O2.OTe/c3-1-2-4;1-2/h3-4H,1-2H2;. The van der Waals surface area contributed by atoms with E-state index < -0.39 is 0 Å². The van der Waals surface area contributed by atoms with Crippen molar-refractivity contribution >= 4 is 22.3 Å². The van der Waals surface area contributed by atoms with Gasteiger partial charge in [-0.25, -0.2) is 0 Å². The van der Waals surface area contributed by atoms with Gasteiger partial charge in [-0.05, 0) is 0 Å². The van der Waals surface area contributed by atoms with Gasteiger partial charge in [-0.15, -0.1) is 0 Å². The maximum atomic E-state index is 8.26. The molecule has 0 spiro atoms. The summed E-state index contributed by atoms with van der Waals surface area (Å²) in [5, 5.41) is 15.2. The molecule has 0 bridgehead atoms. The van der Waals surface area contributed by atoms with Crippen molar-refractivity contribution in [2.24, 2.45) is 0 Å². The van der Waals surface area contributed by atoms with E-state index in [-0.39, 0.29) is 13.2 Å². The summed E-state index contributed by atoms with van der Waals surface area (Å²) >= 11 is 0.700. The summed E-state index contributed by atoms with van der Waals surface area (Å²) in [7, 11) is 0.